The number of hydrogen-bond donors (Lipinski definition) is 1. The summed E-state index contributed by atoms with van der Waals surface area (Å²) in [5, 5.41) is 5.17. The van der Waals surface area contributed by atoms with Crippen LogP contribution in [0.5, 0.6) is 0 Å². The Balaban J connectivity index is 1.86. The molecule has 2 heterocycles. The van der Waals surface area contributed by atoms with Gasteiger partial charge in [0.25, 0.3) is 0 Å². The molecular weight excluding hydrogens is 275 g/mol. The van der Waals surface area contributed by atoms with Gasteiger partial charge in [0.1, 0.15) is 18.0 Å². The molecule has 0 aliphatic heterocycles. The van der Waals surface area contributed by atoms with Crippen LogP contribution in [0.3, 0.4) is 0 Å². The Morgan fingerprint density at radius 1 is 1.40 bits per heavy atom. The van der Waals surface area contributed by atoms with Gasteiger partial charge in [-0.25, -0.2) is 9.37 Å². The number of nitrogens with zero attached hydrogens (tertiary/aromatic N) is 3. The van der Waals surface area contributed by atoms with Gasteiger partial charge >= 0.3 is 0 Å². The summed E-state index contributed by atoms with van der Waals surface area (Å²) in [4.78, 5) is 5.28. The molecule has 6 heteroatoms. The third kappa shape index (κ3) is 2.44. The molecule has 4 nitrogen and oxygen atoms in total. The van der Waals surface area contributed by atoms with Crippen LogP contribution in [0.25, 0.3) is 10.1 Å². The molecule has 0 aliphatic rings. The number of thiophene rings is 1. The molecular formula is C14H15FN4S. The molecule has 2 aromatic heterocycles. The molecule has 1 aromatic carbocycles. The van der Waals surface area contributed by atoms with E-state index in [1.54, 1.807) is 18.5 Å². The van der Waals surface area contributed by atoms with Crippen LogP contribution in [-0.4, -0.2) is 14.8 Å². The molecule has 0 radical (unpaired) electrons. The van der Waals surface area contributed by atoms with Crippen LogP contribution in [0.4, 0.5) is 4.39 Å². The number of benzene rings is 1. The Bertz CT molecular complexity index is 734. The standard InChI is InChI=1S/C14H15FN4S/c1-2-19-14(17-8-18-19)7-11(16)13-5-9-3-4-10(15)6-12(9)20-13/h3-6,8,11H,2,7,16H2,1H3. The van der Waals surface area contributed by atoms with Crippen molar-refractivity contribution >= 4 is 21.4 Å². The zero-order chi connectivity index (χ0) is 14.1. The molecule has 0 saturated heterocycles. The third-order valence-electron chi connectivity index (χ3n) is 3.26. The first kappa shape index (κ1) is 13.2. The van der Waals surface area contributed by atoms with Gasteiger partial charge in [0.05, 0.1) is 0 Å². The Morgan fingerprint density at radius 3 is 3.05 bits per heavy atom. The highest BCUT2D eigenvalue weighted by Gasteiger charge is 2.14. The maximum absolute atomic E-state index is 13.2. The summed E-state index contributed by atoms with van der Waals surface area (Å²) in [6.07, 6.45) is 2.18. The van der Waals surface area contributed by atoms with E-state index in [9.17, 15) is 4.39 Å². The number of nitrogens with two attached hydrogens (primary N) is 1. The molecule has 0 amide bonds. The van der Waals surface area contributed by atoms with Gasteiger partial charge in [-0.3, -0.25) is 4.68 Å². The van der Waals surface area contributed by atoms with E-state index in [-0.39, 0.29) is 11.9 Å². The van der Waals surface area contributed by atoms with Gasteiger partial charge in [-0.05, 0) is 30.5 Å². The number of halogens is 1. The number of aryl methyl sites for hydroxylation is 1. The molecule has 3 rings (SSSR count). The largest absolute Gasteiger partial charge is 0.323 e. The van der Waals surface area contributed by atoms with Crippen LogP contribution in [0.2, 0.25) is 0 Å². The summed E-state index contributed by atoms with van der Waals surface area (Å²) >= 11 is 1.53. The second-order valence-corrected chi connectivity index (χ2v) is 5.75. The van der Waals surface area contributed by atoms with Crippen LogP contribution in [0.15, 0.2) is 30.6 Å². The lowest BCUT2D eigenvalue weighted by atomic mass is 10.1. The summed E-state index contributed by atoms with van der Waals surface area (Å²) in [7, 11) is 0. The van der Waals surface area contributed by atoms with Gasteiger partial charge in [0.2, 0.25) is 0 Å². The maximum atomic E-state index is 13.2. The van der Waals surface area contributed by atoms with Crippen LogP contribution < -0.4 is 5.73 Å². The molecule has 0 spiro atoms. The predicted molar refractivity (Wildman–Crippen MR) is 78.1 cm³/mol. The van der Waals surface area contributed by atoms with Crippen LogP contribution in [-0.2, 0) is 13.0 Å². The molecule has 104 valence electrons. The van der Waals surface area contributed by atoms with Crippen molar-refractivity contribution in [3.05, 3.63) is 47.1 Å². The van der Waals surface area contributed by atoms with Gasteiger partial charge < -0.3 is 5.73 Å². The number of rotatable bonds is 4. The van der Waals surface area contributed by atoms with Gasteiger partial charge in [0.15, 0.2) is 0 Å². The first-order valence-corrected chi connectivity index (χ1v) is 7.30. The van der Waals surface area contributed by atoms with Crippen molar-refractivity contribution in [2.75, 3.05) is 0 Å². The average Bonchev–Trinajstić information content (AvgIpc) is 3.04. The highest BCUT2D eigenvalue weighted by Crippen LogP contribution is 2.30. The van der Waals surface area contributed by atoms with Gasteiger partial charge in [0, 0.05) is 28.6 Å². The molecule has 1 atom stereocenters. The fourth-order valence-corrected chi connectivity index (χ4v) is 3.31. The van der Waals surface area contributed by atoms with Crippen molar-refractivity contribution in [1.82, 2.24) is 14.8 Å². The average molecular weight is 290 g/mol. The van der Waals surface area contributed by atoms with Crippen molar-refractivity contribution in [2.45, 2.75) is 25.9 Å². The van der Waals surface area contributed by atoms with Crippen molar-refractivity contribution in [1.29, 1.82) is 0 Å². The second kappa shape index (κ2) is 5.30. The Kier molecular flexibility index (Phi) is 3.50. The minimum Gasteiger partial charge on any atom is -0.323 e. The highest BCUT2D eigenvalue weighted by atomic mass is 32.1. The molecule has 0 aliphatic carbocycles. The minimum atomic E-state index is -0.217. The fourth-order valence-electron chi connectivity index (χ4n) is 2.22. The topological polar surface area (TPSA) is 56.7 Å². The molecule has 1 unspecified atom stereocenters. The monoisotopic (exact) mass is 290 g/mol. The summed E-state index contributed by atoms with van der Waals surface area (Å²) in [6.45, 7) is 2.80. The van der Waals surface area contributed by atoms with E-state index in [2.05, 4.69) is 10.1 Å². The first-order chi connectivity index (χ1) is 9.67. The van der Waals surface area contributed by atoms with Crippen molar-refractivity contribution in [3.63, 3.8) is 0 Å². The van der Waals surface area contributed by atoms with Gasteiger partial charge in [-0.15, -0.1) is 11.3 Å². The zero-order valence-corrected chi connectivity index (χ0v) is 11.9. The quantitative estimate of drug-likeness (QED) is 0.804. The summed E-state index contributed by atoms with van der Waals surface area (Å²) in [6, 6.07) is 6.68. The first-order valence-electron chi connectivity index (χ1n) is 6.48. The molecule has 2 N–H and O–H groups in total. The van der Waals surface area contributed by atoms with Crippen LogP contribution in [0.1, 0.15) is 23.7 Å². The van der Waals surface area contributed by atoms with E-state index >= 15 is 0 Å². The lowest BCUT2D eigenvalue weighted by Crippen LogP contribution is -2.15. The third-order valence-corrected chi connectivity index (χ3v) is 4.49. The zero-order valence-electron chi connectivity index (χ0n) is 11.1. The number of fused-ring (bicyclic) bond motifs is 1. The summed E-state index contributed by atoms with van der Waals surface area (Å²) in [5.74, 6) is 0.661. The van der Waals surface area contributed by atoms with Crippen molar-refractivity contribution in [2.24, 2.45) is 5.73 Å². The van der Waals surface area contributed by atoms with E-state index in [0.29, 0.717) is 6.42 Å². The molecule has 0 fully saturated rings. The SMILES string of the molecule is CCn1ncnc1CC(N)c1cc2ccc(F)cc2s1. The van der Waals surface area contributed by atoms with E-state index in [1.807, 2.05) is 17.7 Å². The smallest absolute Gasteiger partial charge is 0.138 e. The number of aromatic nitrogens is 3. The Labute approximate surface area is 120 Å². The Hall–Kier alpha value is -1.79. The minimum absolute atomic E-state index is 0.148. The number of hydrogen-bond acceptors (Lipinski definition) is 4. The lowest BCUT2D eigenvalue weighted by molar-refractivity contribution is 0.584. The van der Waals surface area contributed by atoms with Crippen LogP contribution in [0, 0.1) is 5.82 Å². The Morgan fingerprint density at radius 2 is 2.25 bits per heavy atom. The van der Waals surface area contributed by atoms with E-state index < -0.39 is 0 Å². The lowest BCUT2D eigenvalue weighted by Gasteiger charge is -2.09. The van der Waals surface area contributed by atoms with Gasteiger partial charge in [-0.2, -0.15) is 5.10 Å². The van der Waals surface area contributed by atoms with Crippen molar-refractivity contribution in [3.8, 4) is 0 Å². The normalized spacial score (nSPS) is 12.9. The maximum Gasteiger partial charge on any atom is 0.138 e. The second-order valence-electron chi connectivity index (χ2n) is 4.63. The molecule has 3 aromatic rings. The van der Waals surface area contributed by atoms with E-state index in [4.69, 9.17) is 5.73 Å². The molecule has 20 heavy (non-hydrogen) atoms. The predicted octanol–water partition coefficient (Wildman–Crippen LogP) is 2.89. The van der Waals surface area contributed by atoms with E-state index in [1.165, 1.54) is 17.4 Å². The fraction of sp³-hybridized carbons (Fsp3) is 0.286. The van der Waals surface area contributed by atoms with Gasteiger partial charge in [-0.1, -0.05) is 6.07 Å². The van der Waals surface area contributed by atoms with E-state index in [0.717, 1.165) is 27.3 Å². The summed E-state index contributed by atoms with van der Waals surface area (Å²) < 4.78 is 16.0. The van der Waals surface area contributed by atoms with Crippen LogP contribution >= 0.6 is 11.3 Å². The molecule has 0 bridgehead atoms. The summed E-state index contributed by atoms with van der Waals surface area (Å²) in [5.41, 5.74) is 6.25. The molecule has 0 saturated carbocycles. The van der Waals surface area contributed by atoms with Crippen molar-refractivity contribution < 1.29 is 4.39 Å². The highest BCUT2D eigenvalue weighted by molar-refractivity contribution is 7.19.